The molecule has 0 aromatic carbocycles. The maximum absolute atomic E-state index is 13.1. The predicted molar refractivity (Wildman–Crippen MR) is 157 cm³/mol. The van der Waals surface area contributed by atoms with Crippen LogP contribution in [0.1, 0.15) is 81.1 Å². The van der Waals surface area contributed by atoms with Crippen LogP contribution in [0.15, 0.2) is 23.8 Å². The van der Waals surface area contributed by atoms with E-state index in [1.165, 1.54) is 12.5 Å². The van der Waals surface area contributed by atoms with Crippen molar-refractivity contribution in [2.75, 3.05) is 14.2 Å². The van der Waals surface area contributed by atoms with Crippen molar-refractivity contribution in [3.63, 3.8) is 0 Å². The fourth-order valence-electron chi connectivity index (χ4n) is 10.5. The van der Waals surface area contributed by atoms with Crippen LogP contribution in [-0.4, -0.2) is 72.5 Å². The van der Waals surface area contributed by atoms with Gasteiger partial charge in [0.25, 0.3) is 0 Å². The summed E-state index contributed by atoms with van der Waals surface area (Å²) in [6.07, 6.45) is 5.59. The molecule has 0 bridgehead atoms. The van der Waals surface area contributed by atoms with Gasteiger partial charge in [-0.15, -0.1) is 0 Å². The lowest BCUT2D eigenvalue weighted by molar-refractivity contribution is -0.213. The molecule has 8 nitrogen and oxygen atoms in total. The molecule has 4 aliphatic carbocycles. The van der Waals surface area contributed by atoms with Gasteiger partial charge in [0.2, 0.25) is 0 Å². The first-order chi connectivity index (χ1) is 19.4. The third kappa shape index (κ3) is 4.33. The highest BCUT2D eigenvalue weighted by Gasteiger charge is 2.71. The average Bonchev–Trinajstić information content (AvgIpc) is 3.47. The van der Waals surface area contributed by atoms with Gasteiger partial charge < -0.3 is 29.2 Å². The van der Waals surface area contributed by atoms with Gasteiger partial charge in [0.05, 0.1) is 17.8 Å². The molecule has 2 saturated carbocycles. The zero-order valence-electron chi connectivity index (χ0n) is 27.1. The quantitative estimate of drug-likeness (QED) is 0.342. The highest BCUT2D eigenvalue weighted by Crippen LogP contribution is 2.72. The minimum Gasteiger partial charge on any atom is -0.462 e. The Morgan fingerprint density at radius 1 is 1.14 bits per heavy atom. The summed E-state index contributed by atoms with van der Waals surface area (Å²) >= 11 is 0. The van der Waals surface area contributed by atoms with Gasteiger partial charge in [0.1, 0.15) is 12.2 Å². The van der Waals surface area contributed by atoms with Crippen molar-refractivity contribution >= 4 is 11.8 Å². The molecule has 0 unspecified atom stereocenters. The minimum atomic E-state index is -0.835. The van der Waals surface area contributed by atoms with E-state index in [2.05, 4.69) is 26.8 Å². The SMILES string of the molecule is CO[C@@H]1O[C@@H]([C@H](O)C(C)(C)OC)C[C@H]1[C@@H]1CC=C2[C@@]3(C)[C@H]([C@H](O)C[C@]21C)[C@@]1(C)C=CC(=O)C(C)(C)[C@@H]1C[C@H]3OC(C)=O. The zero-order valence-corrected chi connectivity index (χ0v) is 27.1. The molecule has 0 spiro atoms. The number of hydrogen-bond donors (Lipinski definition) is 2. The molecule has 3 fully saturated rings. The first kappa shape index (κ1) is 31.8. The van der Waals surface area contributed by atoms with E-state index in [1.807, 2.05) is 33.8 Å². The third-order valence-corrected chi connectivity index (χ3v) is 12.7. The van der Waals surface area contributed by atoms with Gasteiger partial charge in [-0.2, -0.15) is 0 Å². The number of carbonyl (C=O) groups is 2. The Bertz CT molecular complexity index is 1170. The van der Waals surface area contributed by atoms with Gasteiger partial charge >= 0.3 is 5.97 Å². The highest BCUT2D eigenvalue weighted by molar-refractivity contribution is 5.95. The van der Waals surface area contributed by atoms with Crippen LogP contribution >= 0.6 is 0 Å². The molecule has 0 aromatic heterocycles. The smallest absolute Gasteiger partial charge is 0.302 e. The van der Waals surface area contributed by atoms with E-state index in [0.717, 1.165) is 6.42 Å². The van der Waals surface area contributed by atoms with E-state index in [1.54, 1.807) is 20.3 Å². The molecular formula is C34H52O8. The second-order valence-corrected chi connectivity index (χ2v) is 15.5. The van der Waals surface area contributed by atoms with Gasteiger partial charge in [-0.25, -0.2) is 0 Å². The standard InChI is InChI=1S/C34H52O8/c1-18(35)41-26-16-24-30(2,3)25(37)13-14-32(24,6)27-21(36)17-33(7)20(11-12-23(33)34(26,27)8)19-15-22(42-29(19)39-9)28(38)31(4,5)40-10/h12-14,19-22,24,26-29,36,38H,11,15-17H2,1-10H3/t19-,20-,21+,22+,24-,26+,27+,28-,29+,32-,33-,34+/m0/s1. The molecule has 236 valence electrons. The molecule has 1 saturated heterocycles. The predicted octanol–water partition coefficient (Wildman–Crippen LogP) is 4.61. The van der Waals surface area contributed by atoms with E-state index < -0.39 is 58.0 Å². The molecule has 0 aromatic rings. The molecule has 0 amide bonds. The average molecular weight is 589 g/mol. The number of ether oxygens (including phenoxy) is 4. The molecule has 8 heteroatoms. The lowest BCUT2D eigenvalue weighted by Crippen LogP contribution is -2.68. The van der Waals surface area contributed by atoms with Gasteiger partial charge in [0, 0.05) is 43.8 Å². The normalized spacial score (nSPS) is 46.9. The molecule has 1 aliphatic heterocycles. The van der Waals surface area contributed by atoms with Crippen molar-refractivity contribution < 1.29 is 38.7 Å². The van der Waals surface area contributed by atoms with E-state index >= 15 is 0 Å². The van der Waals surface area contributed by atoms with Crippen molar-refractivity contribution in [3.05, 3.63) is 23.8 Å². The number of methoxy groups -OCH3 is 2. The van der Waals surface area contributed by atoms with Crippen LogP contribution in [0.25, 0.3) is 0 Å². The number of allylic oxidation sites excluding steroid dienone is 3. The van der Waals surface area contributed by atoms with Crippen LogP contribution in [0.4, 0.5) is 0 Å². The van der Waals surface area contributed by atoms with Crippen molar-refractivity contribution in [3.8, 4) is 0 Å². The van der Waals surface area contributed by atoms with Crippen molar-refractivity contribution in [1.82, 2.24) is 0 Å². The van der Waals surface area contributed by atoms with E-state index in [4.69, 9.17) is 18.9 Å². The number of ketones is 1. The molecular weight excluding hydrogens is 536 g/mol. The van der Waals surface area contributed by atoms with Crippen LogP contribution in [0, 0.1) is 45.3 Å². The van der Waals surface area contributed by atoms with Gasteiger partial charge in [-0.3, -0.25) is 9.59 Å². The van der Waals surface area contributed by atoms with Crippen LogP contribution in [-0.2, 0) is 28.5 Å². The second-order valence-electron chi connectivity index (χ2n) is 15.5. The van der Waals surface area contributed by atoms with Crippen LogP contribution in [0.3, 0.4) is 0 Å². The van der Waals surface area contributed by atoms with Gasteiger partial charge in [-0.05, 0) is 68.3 Å². The largest absolute Gasteiger partial charge is 0.462 e. The highest BCUT2D eigenvalue weighted by atomic mass is 16.7. The molecule has 5 rings (SSSR count). The summed E-state index contributed by atoms with van der Waals surface area (Å²) in [4.78, 5) is 25.6. The molecule has 12 atom stereocenters. The van der Waals surface area contributed by atoms with E-state index in [-0.39, 0.29) is 35.4 Å². The summed E-state index contributed by atoms with van der Waals surface area (Å²) in [6, 6.07) is 0. The lowest BCUT2D eigenvalue weighted by atomic mass is 9.37. The van der Waals surface area contributed by atoms with Crippen LogP contribution in [0.2, 0.25) is 0 Å². The first-order valence-electron chi connectivity index (χ1n) is 15.6. The van der Waals surface area contributed by atoms with Crippen molar-refractivity contribution in [2.45, 2.75) is 117 Å². The Hall–Kier alpha value is -1.58. The van der Waals surface area contributed by atoms with Crippen molar-refractivity contribution in [1.29, 1.82) is 0 Å². The topological polar surface area (TPSA) is 112 Å². The molecule has 0 radical (unpaired) electrons. The summed E-state index contributed by atoms with van der Waals surface area (Å²) in [5.74, 6) is -0.531. The monoisotopic (exact) mass is 588 g/mol. The summed E-state index contributed by atoms with van der Waals surface area (Å²) in [6.45, 7) is 15.7. The van der Waals surface area contributed by atoms with Gasteiger partial charge in [-0.1, -0.05) is 52.3 Å². The zero-order chi connectivity index (χ0) is 31.2. The number of carbonyl (C=O) groups excluding carboxylic acids is 2. The molecule has 42 heavy (non-hydrogen) atoms. The first-order valence-corrected chi connectivity index (χ1v) is 15.6. The Morgan fingerprint density at radius 2 is 1.81 bits per heavy atom. The summed E-state index contributed by atoms with van der Waals surface area (Å²) in [5.41, 5.74) is -1.71. The van der Waals surface area contributed by atoms with Crippen LogP contribution in [0.5, 0.6) is 0 Å². The maximum atomic E-state index is 13.1. The number of fused-ring (bicyclic) bond motifs is 5. The lowest BCUT2D eigenvalue weighted by Gasteiger charge is -2.67. The van der Waals surface area contributed by atoms with E-state index in [0.29, 0.717) is 19.3 Å². The molecule has 1 heterocycles. The number of rotatable bonds is 6. The fourth-order valence-corrected chi connectivity index (χ4v) is 10.5. The fraction of sp³-hybridized carbons (Fsp3) is 0.824. The van der Waals surface area contributed by atoms with Crippen LogP contribution < -0.4 is 0 Å². The van der Waals surface area contributed by atoms with E-state index in [9.17, 15) is 19.8 Å². The number of aliphatic hydroxyl groups excluding tert-OH is 2. The number of hydrogen-bond acceptors (Lipinski definition) is 8. The Balaban J connectivity index is 1.55. The summed E-state index contributed by atoms with van der Waals surface area (Å²) < 4.78 is 23.9. The Labute approximate surface area is 251 Å². The summed E-state index contributed by atoms with van der Waals surface area (Å²) in [5, 5.41) is 23.4. The van der Waals surface area contributed by atoms with Gasteiger partial charge in [0.15, 0.2) is 12.1 Å². The second kappa shape index (κ2) is 10.2. The maximum Gasteiger partial charge on any atom is 0.302 e. The summed E-state index contributed by atoms with van der Waals surface area (Å²) in [7, 11) is 3.23. The third-order valence-electron chi connectivity index (χ3n) is 12.7. The minimum absolute atomic E-state index is 0.0151. The molecule has 5 aliphatic rings. The van der Waals surface area contributed by atoms with Crippen molar-refractivity contribution in [2.24, 2.45) is 45.3 Å². The number of aliphatic hydroxyl groups is 2. The Kier molecular flexibility index (Phi) is 7.75. The Morgan fingerprint density at radius 3 is 2.40 bits per heavy atom. The molecule has 2 N–H and O–H groups in total. The number of esters is 1.